The summed E-state index contributed by atoms with van der Waals surface area (Å²) in [5.41, 5.74) is -7.99. The smallest absolute Gasteiger partial charge is 0.334 e. The molecular formula is C29H42O9. The minimum absolute atomic E-state index is 0.0392. The number of aliphatic hydroxyl groups is 5. The summed E-state index contributed by atoms with van der Waals surface area (Å²) >= 11 is 0. The Morgan fingerprint density at radius 3 is 2.47 bits per heavy atom. The van der Waals surface area contributed by atoms with Gasteiger partial charge in [0.2, 0.25) is 0 Å². The Labute approximate surface area is 223 Å². The zero-order valence-corrected chi connectivity index (χ0v) is 23.0. The van der Waals surface area contributed by atoms with E-state index in [4.69, 9.17) is 9.47 Å². The zero-order valence-electron chi connectivity index (χ0n) is 23.0. The third-order valence-electron chi connectivity index (χ3n) is 12.2. The van der Waals surface area contributed by atoms with Crippen LogP contribution < -0.4 is 0 Å². The maximum Gasteiger partial charge on any atom is 0.334 e. The number of fused-ring (bicyclic) bond motifs is 5. The van der Waals surface area contributed by atoms with Crippen molar-refractivity contribution in [1.29, 1.82) is 0 Å². The van der Waals surface area contributed by atoms with Crippen LogP contribution in [-0.2, 0) is 19.1 Å². The fourth-order valence-electron chi connectivity index (χ4n) is 9.46. The van der Waals surface area contributed by atoms with Crippen LogP contribution in [0, 0.1) is 22.7 Å². The van der Waals surface area contributed by atoms with Gasteiger partial charge in [-0.3, -0.25) is 4.79 Å². The van der Waals surface area contributed by atoms with Gasteiger partial charge in [-0.2, -0.15) is 0 Å². The van der Waals surface area contributed by atoms with Crippen LogP contribution in [0.4, 0.5) is 0 Å². The summed E-state index contributed by atoms with van der Waals surface area (Å²) < 4.78 is 11.5. The number of methoxy groups -OCH3 is 1. The molecule has 212 valence electrons. The highest BCUT2D eigenvalue weighted by Crippen LogP contribution is 2.71. The molecule has 10 atom stereocenters. The summed E-state index contributed by atoms with van der Waals surface area (Å²) in [6.45, 7) is 6.22. The fourth-order valence-corrected chi connectivity index (χ4v) is 9.46. The molecule has 0 saturated heterocycles. The number of hydrogen-bond donors (Lipinski definition) is 5. The average molecular weight is 535 g/mol. The largest absolute Gasteiger partial charge is 0.455 e. The molecule has 1 heterocycles. The normalized spacial score (nSPS) is 50.2. The van der Waals surface area contributed by atoms with Gasteiger partial charge in [0, 0.05) is 24.5 Å². The molecule has 0 radical (unpaired) electrons. The molecule has 3 saturated carbocycles. The molecule has 38 heavy (non-hydrogen) atoms. The molecule has 3 fully saturated rings. The lowest BCUT2D eigenvalue weighted by Gasteiger charge is -2.67. The van der Waals surface area contributed by atoms with E-state index in [1.807, 2.05) is 6.92 Å². The summed E-state index contributed by atoms with van der Waals surface area (Å²) in [5.74, 6) is -1.64. The number of rotatable bonds is 4. The van der Waals surface area contributed by atoms with Gasteiger partial charge in [-0.15, -0.1) is 0 Å². The number of ether oxygens (including phenoxy) is 2. The van der Waals surface area contributed by atoms with E-state index in [0.717, 1.165) is 0 Å². The van der Waals surface area contributed by atoms with Crippen molar-refractivity contribution < 1.29 is 44.6 Å². The quantitative estimate of drug-likeness (QED) is 0.336. The van der Waals surface area contributed by atoms with Gasteiger partial charge in [0.1, 0.15) is 22.9 Å². The second-order valence-corrected chi connectivity index (χ2v) is 13.0. The first-order chi connectivity index (χ1) is 17.6. The van der Waals surface area contributed by atoms with Crippen LogP contribution in [0.5, 0.6) is 0 Å². The van der Waals surface area contributed by atoms with Crippen molar-refractivity contribution in [3.63, 3.8) is 0 Å². The van der Waals surface area contributed by atoms with Crippen LogP contribution in [0.15, 0.2) is 23.3 Å². The molecule has 4 aliphatic carbocycles. The molecule has 0 bridgehead atoms. The number of hydrogen-bond acceptors (Lipinski definition) is 9. The van der Waals surface area contributed by atoms with Gasteiger partial charge in [-0.25, -0.2) is 4.79 Å². The van der Waals surface area contributed by atoms with E-state index in [9.17, 15) is 35.1 Å². The van der Waals surface area contributed by atoms with E-state index in [0.29, 0.717) is 30.4 Å². The van der Waals surface area contributed by atoms with E-state index in [2.05, 4.69) is 0 Å². The number of aliphatic hydroxyl groups excluding tert-OH is 2. The Kier molecular flexibility index (Phi) is 6.20. The van der Waals surface area contributed by atoms with Gasteiger partial charge in [-0.05, 0) is 82.8 Å². The molecule has 0 aromatic carbocycles. The Balaban J connectivity index is 1.55. The number of allylic oxidation sites excluding steroid dienone is 1. The Hall–Kier alpha value is -1.62. The van der Waals surface area contributed by atoms with Crippen LogP contribution in [0.3, 0.4) is 0 Å². The lowest BCUT2D eigenvalue weighted by molar-refractivity contribution is -0.303. The third kappa shape index (κ3) is 2.98. The van der Waals surface area contributed by atoms with Crippen LogP contribution in [0.1, 0.15) is 72.6 Å². The van der Waals surface area contributed by atoms with Gasteiger partial charge in [0.25, 0.3) is 0 Å². The number of ketones is 1. The van der Waals surface area contributed by atoms with Crippen molar-refractivity contribution in [3.8, 4) is 0 Å². The Bertz CT molecular complexity index is 1110. The van der Waals surface area contributed by atoms with Gasteiger partial charge < -0.3 is 35.0 Å². The first-order valence-corrected chi connectivity index (χ1v) is 13.7. The monoisotopic (exact) mass is 534 g/mol. The average Bonchev–Trinajstić information content (AvgIpc) is 3.10. The second-order valence-electron chi connectivity index (χ2n) is 13.0. The first-order valence-electron chi connectivity index (χ1n) is 13.7. The molecule has 0 amide bonds. The maximum atomic E-state index is 13.5. The van der Waals surface area contributed by atoms with Gasteiger partial charge in [0.05, 0.1) is 23.7 Å². The molecule has 0 unspecified atom stereocenters. The second kappa shape index (κ2) is 8.44. The van der Waals surface area contributed by atoms with Crippen LogP contribution in [0.25, 0.3) is 0 Å². The van der Waals surface area contributed by atoms with Crippen LogP contribution in [0.2, 0.25) is 0 Å². The summed E-state index contributed by atoms with van der Waals surface area (Å²) in [6.07, 6.45) is 2.76. The summed E-state index contributed by atoms with van der Waals surface area (Å²) in [6, 6.07) is 0. The molecule has 0 spiro atoms. The van der Waals surface area contributed by atoms with Crippen LogP contribution in [-0.4, -0.2) is 85.6 Å². The maximum absolute atomic E-state index is 13.5. The highest BCUT2D eigenvalue weighted by molar-refractivity contribution is 5.97. The van der Waals surface area contributed by atoms with Crippen molar-refractivity contribution in [1.82, 2.24) is 0 Å². The fraction of sp³-hybridized carbons (Fsp3) is 0.793. The molecule has 5 N–H and O–H groups in total. The highest BCUT2D eigenvalue weighted by atomic mass is 16.6. The van der Waals surface area contributed by atoms with E-state index in [1.165, 1.54) is 14.0 Å². The Morgan fingerprint density at radius 2 is 1.84 bits per heavy atom. The lowest BCUT2D eigenvalue weighted by atomic mass is 9.41. The SMILES string of the molecule is CO[C@]12CC=CC(=O)[C@]1(C)[C@H]1CC[C@]3(C)[C@](O)([C@@](C)(O)[C@H]4CC(CO)=C(C)C(=O)O4)CC[C@@]3(O)[C@@H]1C[C@H]2O. The molecule has 9 nitrogen and oxygen atoms in total. The zero-order chi connectivity index (χ0) is 28.1. The molecule has 1 aliphatic heterocycles. The number of esters is 1. The lowest BCUT2D eigenvalue weighted by Crippen LogP contribution is -2.76. The predicted molar refractivity (Wildman–Crippen MR) is 136 cm³/mol. The summed E-state index contributed by atoms with van der Waals surface area (Å²) in [7, 11) is 1.52. The van der Waals surface area contributed by atoms with E-state index in [1.54, 1.807) is 26.0 Å². The third-order valence-corrected chi connectivity index (χ3v) is 12.2. The number of carbonyl (C=O) groups excluding carboxylic acids is 2. The van der Waals surface area contributed by atoms with E-state index >= 15 is 0 Å². The van der Waals surface area contributed by atoms with Crippen molar-refractivity contribution in [3.05, 3.63) is 23.3 Å². The van der Waals surface area contributed by atoms with Crippen molar-refractivity contribution in [2.24, 2.45) is 22.7 Å². The molecule has 0 aromatic heterocycles. The van der Waals surface area contributed by atoms with Crippen molar-refractivity contribution >= 4 is 11.8 Å². The van der Waals surface area contributed by atoms with Crippen LogP contribution >= 0.6 is 0 Å². The molecular weight excluding hydrogens is 492 g/mol. The van der Waals surface area contributed by atoms with Gasteiger partial charge >= 0.3 is 5.97 Å². The topological polar surface area (TPSA) is 154 Å². The van der Waals surface area contributed by atoms with Gasteiger partial charge in [-0.1, -0.05) is 13.0 Å². The first kappa shape index (κ1) is 27.9. The summed E-state index contributed by atoms with van der Waals surface area (Å²) in [4.78, 5) is 26.0. The molecule has 9 heteroatoms. The molecule has 5 aliphatic rings. The van der Waals surface area contributed by atoms with Crippen molar-refractivity contribution in [2.45, 2.75) is 107 Å². The standard InChI is InChI=1S/C29H42O9/c1-16-17(15-30)13-22(38-23(16)33)26(4,34)29(36)12-11-27(35)19-14-21(32)28(37-5)9-6-7-20(31)25(28,3)18(19)8-10-24(27,29)2/h6-7,18-19,21-22,30,32,34-36H,8-15H2,1-5H3/t18-,19+,21+,22+,24-,25-,26-,27+,28-,29-/m0/s1. The minimum Gasteiger partial charge on any atom is -0.455 e. The van der Waals surface area contributed by atoms with E-state index in [-0.39, 0.29) is 44.0 Å². The summed E-state index contributed by atoms with van der Waals surface area (Å²) in [5, 5.41) is 58.1. The molecule has 0 aromatic rings. The number of cyclic esters (lactones) is 1. The van der Waals surface area contributed by atoms with Crippen molar-refractivity contribution in [2.75, 3.05) is 13.7 Å². The van der Waals surface area contributed by atoms with E-state index < -0.39 is 57.3 Å². The molecule has 5 rings (SSSR count). The number of carbonyl (C=O) groups is 2. The predicted octanol–water partition coefficient (Wildman–Crippen LogP) is 1.34. The highest BCUT2D eigenvalue weighted by Gasteiger charge is 2.79. The van der Waals surface area contributed by atoms with Gasteiger partial charge in [0.15, 0.2) is 5.78 Å². The minimum atomic E-state index is -1.95. The Morgan fingerprint density at radius 1 is 1.16 bits per heavy atom.